The zero-order valence-electron chi connectivity index (χ0n) is 14.3. The molecule has 22 heavy (non-hydrogen) atoms. The second-order valence-corrected chi connectivity index (χ2v) is 6.93. The van der Waals surface area contributed by atoms with E-state index >= 15 is 0 Å². The number of hydrogen-bond acceptors (Lipinski definition) is 4. The third-order valence-corrected chi connectivity index (χ3v) is 3.57. The van der Waals surface area contributed by atoms with Gasteiger partial charge in [-0.3, -0.25) is 4.79 Å². The number of alkyl carbamates (subject to hydrolysis) is 1. The van der Waals surface area contributed by atoms with Crippen LogP contribution in [0.5, 0.6) is 0 Å². The van der Waals surface area contributed by atoms with Crippen molar-refractivity contribution in [2.24, 2.45) is 0 Å². The molecular weight excluding hydrogens is 282 g/mol. The van der Waals surface area contributed by atoms with E-state index in [2.05, 4.69) is 16.0 Å². The third-order valence-electron chi connectivity index (χ3n) is 3.57. The Morgan fingerprint density at radius 3 is 2.23 bits per heavy atom. The summed E-state index contributed by atoms with van der Waals surface area (Å²) in [5.74, 6) is 0.0517. The Morgan fingerprint density at radius 1 is 1.09 bits per heavy atom. The number of carbonyl (C=O) groups is 2. The normalized spacial score (nSPS) is 22.0. The summed E-state index contributed by atoms with van der Waals surface area (Å²) >= 11 is 0. The van der Waals surface area contributed by atoms with Crippen LogP contribution in [0.15, 0.2) is 0 Å². The fourth-order valence-corrected chi connectivity index (χ4v) is 2.48. The molecule has 0 aromatic rings. The van der Waals surface area contributed by atoms with Crippen molar-refractivity contribution in [2.75, 3.05) is 13.1 Å². The largest absolute Gasteiger partial charge is 0.444 e. The van der Waals surface area contributed by atoms with E-state index in [-0.39, 0.29) is 18.0 Å². The highest BCUT2D eigenvalue weighted by atomic mass is 16.6. The maximum Gasteiger partial charge on any atom is 0.407 e. The van der Waals surface area contributed by atoms with E-state index in [1.54, 1.807) is 0 Å². The second-order valence-electron chi connectivity index (χ2n) is 6.93. The highest BCUT2D eigenvalue weighted by Crippen LogP contribution is 2.19. The summed E-state index contributed by atoms with van der Waals surface area (Å²) in [5, 5.41) is 9.06. The van der Waals surface area contributed by atoms with Crippen LogP contribution in [0.3, 0.4) is 0 Å². The standard InChI is InChI=1S/C16H31N3O3/c1-5-10-17-14(20)11-18-12-6-8-13(9-7-12)19-15(21)22-16(2,3)4/h12-13,18H,5-11H2,1-4H3,(H,17,20)(H,19,21). The van der Waals surface area contributed by atoms with Gasteiger partial charge in [-0.15, -0.1) is 0 Å². The van der Waals surface area contributed by atoms with Crippen molar-refractivity contribution >= 4 is 12.0 Å². The van der Waals surface area contributed by atoms with Crippen molar-refractivity contribution in [3.63, 3.8) is 0 Å². The maximum absolute atomic E-state index is 11.7. The van der Waals surface area contributed by atoms with Crippen molar-refractivity contribution in [2.45, 2.75) is 77.5 Å². The molecule has 1 saturated carbocycles. The highest BCUT2D eigenvalue weighted by molar-refractivity contribution is 5.77. The second kappa shape index (κ2) is 8.98. The van der Waals surface area contributed by atoms with Crippen LogP contribution < -0.4 is 16.0 Å². The first-order valence-corrected chi connectivity index (χ1v) is 8.29. The van der Waals surface area contributed by atoms with Gasteiger partial charge in [-0.25, -0.2) is 4.79 Å². The third kappa shape index (κ3) is 8.22. The van der Waals surface area contributed by atoms with Crippen molar-refractivity contribution < 1.29 is 14.3 Å². The van der Waals surface area contributed by atoms with Gasteiger partial charge in [0.05, 0.1) is 6.54 Å². The number of carbonyl (C=O) groups excluding carboxylic acids is 2. The van der Waals surface area contributed by atoms with E-state index < -0.39 is 5.60 Å². The Hall–Kier alpha value is -1.30. The summed E-state index contributed by atoms with van der Waals surface area (Å²) < 4.78 is 5.27. The minimum absolute atomic E-state index is 0.0517. The number of rotatable bonds is 6. The summed E-state index contributed by atoms with van der Waals surface area (Å²) in [5.41, 5.74) is -0.464. The molecule has 6 heteroatoms. The Bertz CT molecular complexity index is 358. The van der Waals surface area contributed by atoms with E-state index in [0.29, 0.717) is 12.6 Å². The fourth-order valence-electron chi connectivity index (χ4n) is 2.48. The smallest absolute Gasteiger partial charge is 0.407 e. The van der Waals surface area contributed by atoms with Gasteiger partial charge in [0.15, 0.2) is 0 Å². The number of ether oxygens (including phenoxy) is 1. The lowest BCUT2D eigenvalue weighted by atomic mass is 9.91. The molecular formula is C16H31N3O3. The van der Waals surface area contributed by atoms with Gasteiger partial charge >= 0.3 is 6.09 Å². The van der Waals surface area contributed by atoms with Crippen LogP contribution in [0.1, 0.15) is 59.8 Å². The van der Waals surface area contributed by atoms with E-state index in [1.807, 2.05) is 27.7 Å². The monoisotopic (exact) mass is 313 g/mol. The molecule has 0 radical (unpaired) electrons. The van der Waals surface area contributed by atoms with E-state index in [0.717, 1.165) is 38.6 Å². The summed E-state index contributed by atoms with van der Waals surface area (Å²) in [7, 11) is 0. The Labute approximate surface area is 133 Å². The molecule has 0 heterocycles. The first-order valence-electron chi connectivity index (χ1n) is 8.29. The highest BCUT2D eigenvalue weighted by Gasteiger charge is 2.24. The van der Waals surface area contributed by atoms with Gasteiger partial charge in [0.25, 0.3) is 0 Å². The molecule has 0 bridgehead atoms. The minimum Gasteiger partial charge on any atom is -0.444 e. The van der Waals surface area contributed by atoms with Crippen LogP contribution in [0.25, 0.3) is 0 Å². The predicted octanol–water partition coefficient (Wildman–Crippen LogP) is 1.94. The molecule has 0 aromatic carbocycles. The number of nitrogens with one attached hydrogen (secondary N) is 3. The average molecular weight is 313 g/mol. The molecule has 128 valence electrons. The molecule has 1 aliphatic carbocycles. The Balaban J connectivity index is 2.18. The Kier molecular flexibility index (Phi) is 7.65. The number of hydrogen-bond donors (Lipinski definition) is 3. The van der Waals surface area contributed by atoms with Crippen LogP contribution in [-0.2, 0) is 9.53 Å². The molecule has 0 atom stereocenters. The zero-order valence-corrected chi connectivity index (χ0v) is 14.3. The molecule has 3 N–H and O–H groups in total. The van der Waals surface area contributed by atoms with E-state index in [1.165, 1.54) is 0 Å². The molecule has 0 unspecified atom stereocenters. The van der Waals surface area contributed by atoms with Crippen LogP contribution >= 0.6 is 0 Å². The number of amides is 2. The van der Waals surface area contributed by atoms with E-state index in [9.17, 15) is 9.59 Å². The SMILES string of the molecule is CCCNC(=O)CNC1CCC(NC(=O)OC(C)(C)C)CC1. The molecule has 1 aliphatic rings. The summed E-state index contributed by atoms with van der Waals surface area (Å²) in [6.45, 7) is 8.71. The van der Waals surface area contributed by atoms with Crippen LogP contribution in [-0.4, -0.2) is 42.8 Å². The summed E-state index contributed by atoms with van der Waals surface area (Å²) in [6.07, 6.45) is 4.35. The van der Waals surface area contributed by atoms with Gasteiger partial charge in [-0.1, -0.05) is 6.92 Å². The summed E-state index contributed by atoms with van der Waals surface area (Å²) in [6, 6.07) is 0.519. The maximum atomic E-state index is 11.7. The van der Waals surface area contributed by atoms with Crippen LogP contribution in [0.2, 0.25) is 0 Å². The molecule has 0 saturated heterocycles. The predicted molar refractivity (Wildman–Crippen MR) is 86.7 cm³/mol. The van der Waals surface area contributed by atoms with Gasteiger partial charge in [0, 0.05) is 18.6 Å². The van der Waals surface area contributed by atoms with Gasteiger partial charge in [-0.05, 0) is 52.9 Å². The van der Waals surface area contributed by atoms with Crippen LogP contribution in [0.4, 0.5) is 4.79 Å². The van der Waals surface area contributed by atoms with Crippen LogP contribution in [0, 0.1) is 0 Å². The van der Waals surface area contributed by atoms with Gasteiger partial charge < -0.3 is 20.7 Å². The lowest BCUT2D eigenvalue weighted by molar-refractivity contribution is -0.120. The molecule has 1 rings (SSSR count). The van der Waals surface area contributed by atoms with Gasteiger partial charge in [-0.2, -0.15) is 0 Å². The van der Waals surface area contributed by atoms with Crippen molar-refractivity contribution in [1.29, 1.82) is 0 Å². The average Bonchev–Trinajstić information content (AvgIpc) is 2.42. The molecule has 1 fully saturated rings. The Morgan fingerprint density at radius 2 is 1.68 bits per heavy atom. The topological polar surface area (TPSA) is 79.5 Å². The molecule has 6 nitrogen and oxygen atoms in total. The van der Waals surface area contributed by atoms with Crippen molar-refractivity contribution in [3.05, 3.63) is 0 Å². The fraction of sp³-hybridized carbons (Fsp3) is 0.875. The first-order chi connectivity index (χ1) is 10.3. The zero-order chi connectivity index (χ0) is 16.6. The van der Waals surface area contributed by atoms with E-state index in [4.69, 9.17) is 4.74 Å². The van der Waals surface area contributed by atoms with Gasteiger partial charge in [0.1, 0.15) is 5.60 Å². The molecule has 0 aromatic heterocycles. The lowest BCUT2D eigenvalue weighted by Gasteiger charge is -2.30. The minimum atomic E-state index is -0.464. The first kappa shape index (κ1) is 18.7. The molecule has 0 aliphatic heterocycles. The molecule has 2 amide bonds. The summed E-state index contributed by atoms with van der Waals surface area (Å²) in [4.78, 5) is 23.3. The van der Waals surface area contributed by atoms with Crippen molar-refractivity contribution in [1.82, 2.24) is 16.0 Å². The quantitative estimate of drug-likeness (QED) is 0.700. The van der Waals surface area contributed by atoms with Crippen molar-refractivity contribution in [3.8, 4) is 0 Å². The molecule has 0 spiro atoms. The lowest BCUT2D eigenvalue weighted by Crippen LogP contribution is -2.45. The van der Waals surface area contributed by atoms with Gasteiger partial charge in [0.2, 0.25) is 5.91 Å².